The van der Waals surface area contributed by atoms with Gasteiger partial charge < -0.3 is 9.72 Å². The smallest absolute Gasteiger partial charge is 0.410 e. The number of halogens is 3. The Labute approximate surface area is 120 Å². The molecule has 1 aliphatic rings. The van der Waals surface area contributed by atoms with Gasteiger partial charge in [-0.2, -0.15) is 13.2 Å². The Morgan fingerprint density at radius 1 is 1.24 bits per heavy atom. The molecule has 0 spiro atoms. The van der Waals surface area contributed by atoms with Crippen molar-refractivity contribution in [1.82, 2.24) is 10.3 Å². The number of nitrogens with one attached hydrogen (secondary N) is 2. The molecule has 0 radical (unpaired) electrons. The van der Waals surface area contributed by atoms with Crippen LogP contribution in [0.25, 0.3) is 10.9 Å². The normalized spacial score (nSPS) is 23.4. The molecule has 2 aromatic rings. The van der Waals surface area contributed by atoms with Crippen LogP contribution in [-0.4, -0.2) is 24.8 Å². The zero-order valence-corrected chi connectivity index (χ0v) is 11.7. The molecule has 1 aromatic carbocycles. The number of aromatic amines is 1. The summed E-state index contributed by atoms with van der Waals surface area (Å²) in [6.07, 6.45) is -1.55. The first-order valence-corrected chi connectivity index (χ1v) is 6.96. The number of alkyl halides is 3. The molecule has 2 N–H and O–H groups in total. The lowest BCUT2D eigenvalue weighted by Gasteiger charge is -2.40. The highest BCUT2D eigenvalue weighted by molar-refractivity contribution is 5.90. The standard InChI is InChI=1S/C15H17F3N2O/c1-21-12-6-4-5-11-13(12)10(9-19-11)14(15(16,17)18)7-2-3-8-20-14/h4-6,9,19-20H,2-3,7-8H2,1H3. The fourth-order valence-electron chi connectivity index (χ4n) is 3.19. The Bertz CT molecular complexity index is 642. The number of methoxy groups -OCH3 is 1. The summed E-state index contributed by atoms with van der Waals surface area (Å²) in [5, 5.41) is 3.22. The zero-order chi connectivity index (χ0) is 15.1. The number of ether oxygens (including phenoxy) is 1. The van der Waals surface area contributed by atoms with Crippen LogP contribution in [0.2, 0.25) is 0 Å². The van der Waals surface area contributed by atoms with Crippen molar-refractivity contribution in [2.24, 2.45) is 0 Å². The summed E-state index contributed by atoms with van der Waals surface area (Å²) in [6.45, 7) is 0.362. The van der Waals surface area contributed by atoms with E-state index in [2.05, 4.69) is 10.3 Å². The van der Waals surface area contributed by atoms with Crippen LogP contribution >= 0.6 is 0 Å². The molecule has 0 bridgehead atoms. The number of hydrogen-bond acceptors (Lipinski definition) is 2. The van der Waals surface area contributed by atoms with Crippen molar-refractivity contribution in [3.63, 3.8) is 0 Å². The van der Waals surface area contributed by atoms with Crippen LogP contribution in [-0.2, 0) is 5.54 Å². The van der Waals surface area contributed by atoms with E-state index in [1.165, 1.54) is 13.3 Å². The number of benzene rings is 1. The first-order chi connectivity index (χ1) is 9.99. The first kappa shape index (κ1) is 14.3. The van der Waals surface area contributed by atoms with E-state index in [-0.39, 0.29) is 12.0 Å². The zero-order valence-electron chi connectivity index (χ0n) is 11.7. The SMILES string of the molecule is COc1cccc2[nH]cc(C3(C(F)(F)F)CCCCN3)c12. The lowest BCUT2D eigenvalue weighted by atomic mass is 9.81. The van der Waals surface area contributed by atoms with Gasteiger partial charge in [-0.15, -0.1) is 0 Å². The van der Waals surface area contributed by atoms with E-state index < -0.39 is 11.7 Å². The highest BCUT2D eigenvalue weighted by Gasteiger charge is 2.57. The van der Waals surface area contributed by atoms with Gasteiger partial charge in [-0.1, -0.05) is 6.07 Å². The van der Waals surface area contributed by atoms with E-state index in [9.17, 15) is 13.2 Å². The number of aromatic nitrogens is 1. The van der Waals surface area contributed by atoms with Crippen LogP contribution in [0.4, 0.5) is 13.2 Å². The van der Waals surface area contributed by atoms with Crippen molar-refractivity contribution >= 4 is 10.9 Å². The Morgan fingerprint density at radius 3 is 2.67 bits per heavy atom. The number of hydrogen-bond donors (Lipinski definition) is 2. The monoisotopic (exact) mass is 298 g/mol. The molecule has 0 saturated carbocycles. The number of H-pyrrole nitrogens is 1. The van der Waals surface area contributed by atoms with E-state index in [1.807, 2.05) is 0 Å². The van der Waals surface area contributed by atoms with Gasteiger partial charge in [0.05, 0.1) is 7.11 Å². The minimum Gasteiger partial charge on any atom is -0.496 e. The lowest BCUT2D eigenvalue weighted by molar-refractivity contribution is -0.207. The maximum atomic E-state index is 13.8. The number of fused-ring (bicyclic) bond motifs is 1. The molecule has 1 unspecified atom stereocenters. The Morgan fingerprint density at radius 2 is 2.05 bits per heavy atom. The van der Waals surface area contributed by atoms with Crippen LogP contribution in [0.1, 0.15) is 24.8 Å². The van der Waals surface area contributed by atoms with Crippen LogP contribution in [0, 0.1) is 0 Å². The fraction of sp³-hybridized carbons (Fsp3) is 0.467. The summed E-state index contributed by atoms with van der Waals surface area (Å²) in [6, 6.07) is 5.21. The van der Waals surface area contributed by atoms with Gasteiger partial charge >= 0.3 is 6.18 Å². The van der Waals surface area contributed by atoms with Crippen LogP contribution in [0.15, 0.2) is 24.4 Å². The van der Waals surface area contributed by atoms with Crippen LogP contribution in [0.5, 0.6) is 5.75 Å². The maximum absolute atomic E-state index is 13.8. The number of rotatable bonds is 2. The quantitative estimate of drug-likeness (QED) is 0.887. The Kier molecular flexibility index (Phi) is 3.36. The highest BCUT2D eigenvalue weighted by Crippen LogP contribution is 2.48. The van der Waals surface area contributed by atoms with Gasteiger partial charge in [0.1, 0.15) is 11.3 Å². The van der Waals surface area contributed by atoms with Crippen molar-refractivity contribution in [1.29, 1.82) is 0 Å². The third kappa shape index (κ3) is 2.09. The summed E-state index contributed by atoms with van der Waals surface area (Å²) >= 11 is 0. The third-order valence-corrected chi connectivity index (χ3v) is 4.24. The summed E-state index contributed by atoms with van der Waals surface area (Å²) in [5.74, 6) is 0.458. The van der Waals surface area contributed by atoms with Crippen molar-refractivity contribution in [3.8, 4) is 5.75 Å². The van der Waals surface area contributed by atoms with Crippen molar-refractivity contribution < 1.29 is 17.9 Å². The predicted molar refractivity (Wildman–Crippen MR) is 74.4 cm³/mol. The average molecular weight is 298 g/mol. The van der Waals surface area contributed by atoms with Gasteiger partial charge in [-0.05, 0) is 37.9 Å². The largest absolute Gasteiger partial charge is 0.496 e. The maximum Gasteiger partial charge on any atom is 0.410 e. The molecular weight excluding hydrogens is 281 g/mol. The fourth-order valence-corrected chi connectivity index (χ4v) is 3.19. The second-order valence-corrected chi connectivity index (χ2v) is 5.37. The average Bonchev–Trinajstić information content (AvgIpc) is 2.91. The summed E-state index contributed by atoms with van der Waals surface area (Å²) in [5.41, 5.74) is -1.12. The van der Waals surface area contributed by atoms with Gasteiger partial charge in [-0.3, -0.25) is 5.32 Å². The van der Waals surface area contributed by atoms with Crippen molar-refractivity contribution in [2.45, 2.75) is 31.0 Å². The van der Waals surface area contributed by atoms with E-state index in [0.29, 0.717) is 29.6 Å². The molecule has 3 nitrogen and oxygen atoms in total. The Balaban J connectivity index is 2.25. The summed E-state index contributed by atoms with van der Waals surface area (Å²) in [7, 11) is 1.47. The molecule has 6 heteroatoms. The molecule has 2 heterocycles. The molecule has 1 fully saturated rings. The minimum absolute atomic E-state index is 0.0432. The minimum atomic E-state index is -4.36. The third-order valence-electron chi connectivity index (χ3n) is 4.24. The van der Waals surface area contributed by atoms with Gasteiger partial charge in [0.25, 0.3) is 0 Å². The molecule has 3 rings (SSSR count). The second kappa shape index (κ2) is 4.94. The molecule has 1 atom stereocenters. The molecule has 1 aliphatic heterocycles. The predicted octanol–water partition coefficient (Wildman–Crippen LogP) is 3.71. The first-order valence-electron chi connectivity index (χ1n) is 6.96. The van der Waals surface area contributed by atoms with Crippen molar-refractivity contribution in [2.75, 3.05) is 13.7 Å². The second-order valence-electron chi connectivity index (χ2n) is 5.37. The van der Waals surface area contributed by atoms with Gasteiger partial charge in [-0.25, -0.2) is 0 Å². The molecule has 0 amide bonds. The van der Waals surface area contributed by atoms with E-state index in [1.54, 1.807) is 18.2 Å². The lowest BCUT2D eigenvalue weighted by Crippen LogP contribution is -2.56. The van der Waals surface area contributed by atoms with E-state index in [4.69, 9.17) is 4.74 Å². The van der Waals surface area contributed by atoms with Gasteiger partial charge in [0.15, 0.2) is 0 Å². The molecule has 1 saturated heterocycles. The van der Waals surface area contributed by atoms with Crippen LogP contribution in [0.3, 0.4) is 0 Å². The summed E-state index contributed by atoms with van der Waals surface area (Å²) in [4.78, 5) is 2.94. The van der Waals surface area contributed by atoms with Gasteiger partial charge in [0, 0.05) is 22.7 Å². The van der Waals surface area contributed by atoms with E-state index in [0.717, 1.165) is 6.42 Å². The topological polar surface area (TPSA) is 37.0 Å². The highest BCUT2D eigenvalue weighted by atomic mass is 19.4. The number of piperidine rings is 1. The summed E-state index contributed by atoms with van der Waals surface area (Å²) < 4.78 is 46.7. The molecule has 21 heavy (non-hydrogen) atoms. The van der Waals surface area contributed by atoms with Gasteiger partial charge in [0.2, 0.25) is 0 Å². The van der Waals surface area contributed by atoms with E-state index >= 15 is 0 Å². The van der Waals surface area contributed by atoms with Crippen LogP contribution < -0.4 is 10.1 Å². The van der Waals surface area contributed by atoms with Crippen molar-refractivity contribution in [3.05, 3.63) is 30.0 Å². The molecule has 114 valence electrons. The molecule has 0 aliphatic carbocycles. The molecular formula is C15H17F3N2O. The molecule has 1 aromatic heterocycles. The Hall–Kier alpha value is -1.69.